The topological polar surface area (TPSA) is 112 Å². The van der Waals surface area contributed by atoms with Crippen molar-refractivity contribution in [2.45, 2.75) is 32.9 Å². The molecule has 8 heteroatoms. The number of fused-ring (bicyclic) bond motifs is 1. The third-order valence-electron chi connectivity index (χ3n) is 6.59. The summed E-state index contributed by atoms with van der Waals surface area (Å²) in [7, 11) is 0. The molecule has 0 bridgehead atoms. The van der Waals surface area contributed by atoms with Crippen LogP contribution in [0, 0.1) is 18.3 Å². The van der Waals surface area contributed by atoms with E-state index in [0.29, 0.717) is 53.8 Å². The normalized spacial score (nSPS) is 14.2. The molecule has 8 nitrogen and oxygen atoms in total. The molecule has 0 saturated carbocycles. The minimum Gasteiger partial charge on any atom is -0.490 e. The lowest BCUT2D eigenvalue weighted by atomic mass is 9.84. The molecule has 0 fully saturated rings. The number of benzene rings is 2. The average Bonchev–Trinajstić information content (AvgIpc) is 2.95. The van der Waals surface area contributed by atoms with Gasteiger partial charge < -0.3 is 24.5 Å². The number of allylic oxidation sites excluding steroid dienone is 1. The second kappa shape index (κ2) is 11.2. The zero-order valence-electron chi connectivity index (χ0n) is 21.8. The molecule has 5 rings (SSSR count). The van der Waals surface area contributed by atoms with E-state index in [1.807, 2.05) is 62.4 Å². The SMILES string of the molecule is CCOc1cc([C@H]2C(C#N)=C(N)Oc3cc(C)n(Cc4cccnc4)c(=O)c32)ccc1OCc1ccccc1. The summed E-state index contributed by atoms with van der Waals surface area (Å²) in [6.07, 6.45) is 3.41. The fourth-order valence-corrected chi connectivity index (χ4v) is 4.72. The van der Waals surface area contributed by atoms with Crippen molar-refractivity contribution in [3.8, 4) is 23.3 Å². The van der Waals surface area contributed by atoms with Crippen molar-refractivity contribution in [1.82, 2.24) is 9.55 Å². The number of rotatable bonds is 8. The number of aromatic nitrogens is 2. The van der Waals surface area contributed by atoms with Crippen molar-refractivity contribution >= 4 is 0 Å². The average molecular weight is 521 g/mol. The predicted octanol–water partition coefficient (Wildman–Crippen LogP) is 4.80. The first kappa shape index (κ1) is 25.6. The van der Waals surface area contributed by atoms with Crippen LogP contribution in [0.2, 0.25) is 0 Å². The van der Waals surface area contributed by atoms with E-state index in [9.17, 15) is 10.1 Å². The Hall–Kier alpha value is -5.03. The van der Waals surface area contributed by atoms with Crippen LogP contribution in [0.25, 0.3) is 0 Å². The van der Waals surface area contributed by atoms with Gasteiger partial charge in [0.25, 0.3) is 5.56 Å². The summed E-state index contributed by atoms with van der Waals surface area (Å²) in [6.45, 7) is 4.83. The number of ether oxygens (including phenoxy) is 3. The van der Waals surface area contributed by atoms with Gasteiger partial charge >= 0.3 is 0 Å². The summed E-state index contributed by atoms with van der Waals surface area (Å²) >= 11 is 0. The third-order valence-corrected chi connectivity index (χ3v) is 6.59. The van der Waals surface area contributed by atoms with Crippen LogP contribution < -0.4 is 25.5 Å². The Bertz CT molecular complexity index is 1620. The van der Waals surface area contributed by atoms with Gasteiger partial charge in [-0.1, -0.05) is 42.5 Å². The Kier molecular flexibility index (Phi) is 7.32. The predicted molar refractivity (Wildman–Crippen MR) is 146 cm³/mol. The van der Waals surface area contributed by atoms with E-state index in [1.54, 1.807) is 35.2 Å². The quantitative estimate of drug-likeness (QED) is 0.355. The van der Waals surface area contributed by atoms with E-state index in [0.717, 1.165) is 11.1 Å². The molecule has 0 amide bonds. The number of aryl methyl sites for hydroxylation is 1. The minimum atomic E-state index is -0.741. The van der Waals surface area contributed by atoms with Gasteiger partial charge in [0.1, 0.15) is 24.0 Å². The Morgan fingerprint density at radius 1 is 1.05 bits per heavy atom. The van der Waals surface area contributed by atoms with E-state index < -0.39 is 5.92 Å². The summed E-state index contributed by atoms with van der Waals surface area (Å²) in [6, 6.07) is 22.9. The van der Waals surface area contributed by atoms with Gasteiger partial charge in [-0.15, -0.1) is 0 Å². The molecular weight excluding hydrogens is 492 g/mol. The lowest BCUT2D eigenvalue weighted by Crippen LogP contribution is -2.33. The lowest BCUT2D eigenvalue weighted by molar-refractivity contribution is 0.269. The van der Waals surface area contributed by atoms with Gasteiger partial charge in [-0.25, -0.2) is 0 Å². The highest BCUT2D eigenvalue weighted by Gasteiger charge is 2.35. The number of pyridine rings is 2. The van der Waals surface area contributed by atoms with Crippen LogP contribution >= 0.6 is 0 Å². The molecule has 0 spiro atoms. The largest absolute Gasteiger partial charge is 0.490 e. The monoisotopic (exact) mass is 520 g/mol. The zero-order valence-corrected chi connectivity index (χ0v) is 21.8. The minimum absolute atomic E-state index is 0.0267. The van der Waals surface area contributed by atoms with Gasteiger partial charge in [0.05, 0.1) is 24.6 Å². The third kappa shape index (κ3) is 5.20. The van der Waals surface area contributed by atoms with Gasteiger partial charge in [-0.3, -0.25) is 9.78 Å². The van der Waals surface area contributed by atoms with Gasteiger partial charge in [0.2, 0.25) is 5.88 Å². The highest BCUT2D eigenvalue weighted by molar-refractivity contribution is 5.57. The molecule has 0 unspecified atom stereocenters. The maximum atomic E-state index is 14.0. The van der Waals surface area contributed by atoms with Crippen LogP contribution in [0.1, 0.15) is 40.8 Å². The van der Waals surface area contributed by atoms with E-state index >= 15 is 0 Å². The van der Waals surface area contributed by atoms with Crippen LogP contribution in [-0.4, -0.2) is 16.2 Å². The van der Waals surface area contributed by atoms with Crippen molar-refractivity contribution in [2.75, 3.05) is 6.61 Å². The van der Waals surface area contributed by atoms with Crippen LogP contribution in [0.4, 0.5) is 0 Å². The van der Waals surface area contributed by atoms with Crippen molar-refractivity contribution < 1.29 is 14.2 Å². The fraction of sp³-hybridized carbons (Fsp3) is 0.194. The first-order valence-corrected chi connectivity index (χ1v) is 12.6. The molecule has 1 atom stereocenters. The molecule has 0 radical (unpaired) electrons. The molecule has 1 aliphatic rings. The molecule has 2 aromatic carbocycles. The molecule has 39 heavy (non-hydrogen) atoms. The van der Waals surface area contributed by atoms with Gasteiger partial charge in [-0.05, 0) is 48.7 Å². The van der Waals surface area contributed by atoms with E-state index in [1.165, 1.54) is 0 Å². The number of nitrogens with two attached hydrogens (primary N) is 1. The molecule has 196 valence electrons. The molecule has 2 N–H and O–H groups in total. The maximum Gasteiger partial charge on any atom is 0.259 e. The van der Waals surface area contributed by atoms with Gasteiger partial charge in [0.15, 0.2) is 11.5 Å². The Balaban J connectivity index is 1.59. The number of hydrogen-bond donors (Lipinski definition) is 1. The van der Waals surface area contributed by atoms with Crippen molar-refractivity contribution in [3.63, 3.8) is 0 Å². The summed E-state index contributed by atoms with van der Waals surface area (Å²) in [5.41, 5.74) is 9.71. The van der Waals surface area contributed by atoms with Crippen molar-refractivity contribution in [2.24, 2.45) is 5.73 Å². The van der Waals surface area contributed by atoms with Crippen LogP contribution in [0.15, 0.2) is 95.4 Å². The Morgan fingerprint density at radius 2 is 1.85 bits per heavy atom. The molecule has 0 saturated heterocycles. The number of nitriles is 1. The highest BCUT2D eigenvalue weighted by atomic mass is 16.5. The van der Waals surface area contributed by atoms with Crippen LogP contribution in [0.5, 0.6) is 17.2 Å². The Morgan fingerprint density at radius 3 is 2.56 bits per heavy atom. The molecule has 1 aliphatic heterocycles. The van der Waals surface area contributed by atoms with Crippen LogP contribution in [0.3, 0.4) is 0 Å². The molecular formula is C31H28N4O4. The van der Waals surface area contributed by atoms with E-state index in [4.69, 9.17) is 19.9 Å². The molecule has 2 aromatic heterocycles. The standard InChI is InChI=1S/C31H28N4O4/c1-3-37-26-15-23(11-12-25(26)38-19-21-8-5-4-6-9-21)28-24(16-32)30(33)39-27-14-20(2)35(31(36)29(27)28)18-22-10-7-13-34-17-22/h4-15,17,28H,3,18-19,33H2,1-2H3/t28-/m0/s1. The maximum absolute atomic E-state index is 14.0. The lowest BCUT2D eigenvalue weighted by Gasteiger charge is -2.28. The highest BCUT2D eigenvalue weighted by Crippen LogP contribution is 2.43. The summed E-state index contributed by atoms with van der Waals surface area (Å²) in [5.74, 6) is 0.641. The van der Waals surface area contributed by atoms with E-state index in [2.05, 4.69) is 11.1 Å². The second-order valence-electron chi connectivity index (χ2n) is 9.15. The van der Waals surface area contributed by atoms with E-state index in [-0.39, 0.29) is 17.0 Å². The number of hydrogen-bond acceptors (Lipinski definition) is 7. The van der Waals surface area contributed by atoms with Gasteiger partial charge in [-0.2, -0.15) is 5.26 Å². The summed E-state index contributed by atoms with van der Waals surface area (Å²) in [4.78, 5) is 18.1. The smallest absolute Gasteiger partial charge is 0.259 e. The van der Waals surface area contributed by atoms with Crippen LogP contribution in [-0.2, 0) is 13.2 Å². The molecule has 4 aromatic rings. The number of nitrogens with zero attached hydrogens (tertiary/aromatic N) is 3. The second-order valence-corrected chi connectivity index (χ2v) is 9.15. The fourth-order valence-electron chi connectivity index (χ4n) is 4.72. The zero-order chi connectivity index (χ0) is 27.4. The Labute approximate surface area is 226 Å². The van der Waals surface area contributed by atoms with Crippen molar-refractivity contribution in [3.05, 3.63) is 129 Å². The summed E-state index contributed by atoms with van der Waals surface area (Å²) < 4.78 is 19.4. The first-order chi connectivity index (χ1) is 19.0. The first-order valence-electron chi connectivity index (χ1n) is 12.6. The summed E-state index contributed by atoms with van der Waals surface area (Å²) in [5, 5.41) is 10.1. The molecule has 3 heterocycles. The van der Waals surface area contributed by atoms with Gasteiger partial charge in [0, 0.05) is 24.2 Å². The van der Waals surface area contributed by atoms with Crippen molar-refractivity contribution in [1.29, 1.82) is 5.26 Å². The molecule has 0 aliphatic carbocycles.